The van der Waals surface area contributed by atoms with Gasteiger partial charge in [0, 0.05) is 16.5 Å². The van der Waals surface area contributed by atoms with Crippen LogP contribution in [0.5, 0.6) is 11.5 Å². The maximum atomic E-state index is 13.2. The van der Waals surface area contributed by atoms with Gasteiger partial charge in [-0.2, -0.15) is 0 Å². The first-order valence-electron chi connectivity index (χ1n) is 7.42. The Morgan fingerprint density at radius 3 is 2.62 bits per heavy atom. The number of hydrogen-bond donors (Lipinski definition) is 0. The zero-order chi connectivity index (χ0) is 17.7. The third-order valence-electron chi connectivity index (χ3n) is 3.36. The van der Waals surface area contributed by atoms with Crippen molar-refractivity contribution in [3.05, 3.63) is 57.6 Å². The van der Waals surface area contributed by atoms with Crippen molar-refractivity contribution in [1.82, 2.24) is 0 Å². The normalized spacial score (nSPS) is 10.8. The van der Waals surface area contributed by atoms with Gasteiger partial charge in [-0.05, 0) is 31.2 Å². The van der Waals surface area contributed by atoms with Crippen LogP contribution in [-0.4, -0.2) is 5.97 Å². The first-order valence-corrected chi connectivity index (χ1v) is 8.21. The molecule has 0 amide bonds. The van der Waals surface area contributed by atoms with E-state index in [0.717, 1.165) is 5.56 Å². The Morgan fingerprint density at radius 1 is 1.21 bits per heavy atom. The number of benzene rings is 2. The first kappa shape index (κ1) is 18.4. The number of carbonyl (C=O) groups excluding carboxylic acids is 1. The van der Waals surface area contributed by atoms with Gasteiger partial charge in [-0.1, -0.05) is 40.5 Å². The Kier molecular flexibility index (Phi) is 6.31. The summed E-state index contributed by atoms with van der Waals surface area (Å²) in [7, 11) is 0. The fraction of sp³-hybridized carbons (Fsp3) is 0.278. The van der Waals surface area contributed by atoms with E-state index in [1.165, 1.54) is 12.1 Å². The molecular weight excluding hydrogens is 382 g/mol. The van der Waals surface area contributed by atoms with Crippen LogP contribution in [0.15, 0.2) is 40.9 Å². The largest absolute Gasteiger partial charge is 0.488 e. The van der Waals surface area contributed by atoms with Crippen LogP contribution in [0.25, 0.3) is 0 Å². The molecule has 2 aromatic carbocycles. The zero-order valence-electron chi connectivity index (χ0n) is 13.3. The maximum Gasteiger partial charge on any atom is 0.310 e. The van der Waals surface area contributed by atoms with E-state index in [-0.39, 0.29) is 30.3 Å². The topological polar surface area (TPSA) is 35.5 Å². The SMILES string of the molecule is CCC(=O)Oc1cccc(Br)c1COc1ccc(C)cc1C(F)F. The van der Waals surface area contributed by atoms with Crippen molar-refractivity contribution in [2.45, 2.75) is 33.3 Å². The monoisotopic (exact) mass is 398 g/mol. The number of aryl methyl sites for hydroxylation is 1. The van der Waals surface area contributed by atoms with Gasteiger partial charge in [-0.25, -0.2) is 8.78 Å². The second-order valence-corrected chi connectivity index (χ2v) is 6.03. The highest BCUT2D eigenvalue weighted by Crippen LogP contribution is 2.33. The molecule has 128 valence electrons. The Bertz CT molecular complexity index is 732. The molecule has 0 aliphatic carbocycles. The van der Waals surface area contributed by atoms with Crippen LogP contribution >= 0.6 is 15.9 Å². The molecule has 6 heteroatoms. The fourth-order valence-corrected chi connectivity index (χ4v) is 2.55. The number of rotatable bonds is 6. The van der Waals surface area contributed by atoms with Crippen LogP contribution in [0.4, 0.5) is 8.78 Å². The Morgan fingerprint density at radius 2 is 1.96 bits per heavy atom. The van der Waals surface area contributed by atoms with Crippen molar-refractivity contribution in [1.29, 1.82) is 0 Å². The van der Waals surface area contributed by atoms with E-state index in [4.69, 9.17) is 9.47 Å². The third-order valence-corrected chi connectivity index (χ3v) is 4.10. The van der Waals surface area contributed by atoms with Gasteiger partial charge in [-0.3, -0.25) is 4.79 Å². The predicted molar refractivity (Wildman–Crippen MR) is 90.5 cm³/mol. The van der Waals surface area contributed by atoms with Gasteiger partial charge in [0.15, 0.2) is 0 Å². The lowest BCUT2D eigenvalue weighted by Gasteiger charge is -2.15. The van der Waals surface area contributed by atoms with Gasteiger partial charge < -0.3 is 9.47 Å². The number of halogens is 3. The van der Waals surface area contributed by atoms with E-state index in [1.54, 1.807) is 38.1 Å². The maximum absolute atomic E-state index is 13.2. The average molecular weight is 399 g/mol. The summed E-state index contributed by atoms with van der Waals surface area (Å²) >= 11 is 3.37. The molecule has 0 aliphatic heterocycles. The van der Waals surface area contributed by atoms with Crippen molar-refractivity contribution >= 4 is 21.9 Å². The quantitative estimate of drug-likeness (QED) is 0.469. The first-order chi connectivity index (χ1) is 11.4. The molecule has 2 aromatic rings. The molecule has 0 N–H and O–H groups in total. The third kappa shape index (κ3) is 4.54. The number of carbonyl (C=O) groups is 1. The summed E-state index contributed by atoms with van der Waals surface area (Å²) in [5, 5.41) is 0. The Hall–Kier alpha value is -1.95. The van der Waals surface area contributed by atoms with Crippen molar-refractivity contribution in [3.63, 3.8) is 0 Å². The van der Waals surface area contributed by atoms with Crippen molar-refractivity contribution in [3.8, 4) is 11.5 Å². The molecule has 2 rings (SSSR count). The van der Waals surface area contributed by atoms with Crippen LogP contribution in [0.1, 0.15) is 36.5 Å². The van der Waals surface area contributed by atoms with Crippen LogP contribution in [0.2, 0.25) is 0 Å². The summed E-state index contributed by atoms with van der Waals surface area (Å²) in [4.78, 5) is 11.5. The van der Waals surface area contributed by atoms with Crippen LogP contribution in [0.3, 0.4) is 0 Å². The lowest BCUT2D eigenvalue weighted by atomic mass is 10.1. The second kappa shape index (κ2) is 8.24. The molecule has 0 heterocycles. The van der Waals surface area contributed by atoms with E-state index in [9.17, 15) is 13.6 Å². The van der Waals surface area contributed by atoms with E-state index < -0.39 is 6.43 Å². The molecule has 0 saturated carbocycles. The zero-order valence-corrected chi connectivity index (χ0v) is 14.9. The van der Waals surface area contributed by atoms with Crippen LogP contribution < -0.4 is 9.47 Å². The smallest absolute Gasteiger partial charge is 0.310 e. The van der Waals surface area contributed by atoms with Crippen LogP contribution in [0, 0.1) is 6.92 Å². The summed E-state index contributed by atoms with van der Waals surface area (Å²) in [6.07, 6.45) is -2.39. The minimum absolute atomic E-state index is 0.00344. The number of ether oxygens (including phenoxy) is 2. The van der Waals surface area contributed by atoms with Gasteiger partial charge in [0.1, 0.15) is 18.1 Å². The van der Waals surface area contributed by atoms with Gasteiger partial charge in [0.2, 0.25) is 0 Å². The lowest BCUT2D eigenvalue weighted by Crippen LogP contribution is -2.09. The number of hydrogen-bond acceptors (Lipinski definition) is 3. The Labute approximate surface area is 147 Å². The summed E-state index contributed by atoms with van der Waals surface area (Å²) in [5.74, 6) is 0.0824. The molecule has 24 heavy (non-hydrogen) atoms. The minimum atomic E-state index is -2.63. The highest BCUT2D eigenvalue weighted by molar-refractivity contribution is 9.10. The summed E-state index contributed by atoms with van der Waals surface area (Å²) < 4.78 is 37.8. The second-order valence-electron chi connectivity index (χ2n) is 5.17. The molecule has 0 unspecified atom stereocenters. The van der Waals surface area contributed by atoms with Crippen LogP contribution in [-0.2, 0) is 11.4 Å². The molecule has 0 aliphatic rings. The molecular formula is C18H17BrF2O3. The van der Waals surface area contributed by atoms with E-state index in [1.807, 2.05) is 0 Å². The molecule has 0 bridgehead atoms. The van der Waals surface area contributed by atoms with Gasteiger partial charge in [0.25, 0.3) is 6.43 Å². The number of esters is 1. The molecule has 3 nitrogen and oxygen atoms in total. The predicted octanol–water partition coefficient (Wildman–Crippen LogP) is 5.59. The van der Waals surface area contributed by atoms with Gasteiger partial charge in [-0.15, -0.1) is 0 Å². The Balaban J connectivity index is 2.25. The minimum Gasteiger partial charge on any atom is -0.488 e. The van der Waals surface area contributed by atoms with Gasteiger partial charge >= 0.3 is 5.97 Å². The van der Waals surface area contributed by atoms with E-state index in [2.05, 4.69) is 15.9 Å². The van der Waals surface area contributed by atoms with Gasteiger partial charge in [0.05, 0.1) is 5.56 Å². The molecule has 0 radical (unpaired) electrons. The summed E-state index contributed by atoms with van der Waals surface area (Å²) in [6.45, 7) is 3.43. The molecule has 0 aromatic heterocycles. The molecule has 0 atom stereocenters. The van der Waals surface area contributed by atoms with Crippen molar-refractivity contribution in [2.24, 2.45) is 0 Å². The standard InChI is InChI=1S/C18H17BrF2O3/c1-3-17(22)24-16-6-4-5-14(19)13(16)10-23-15-8-7-11(2)9-12(15)18(20)21/h4-9,18H,3,10H2,1-2H3. The summed E-state index contributed by atoms with van der Waals surface area (Å²) in [6, 6.07) is 9.76. The fourth-order valence-electron chi connectivity index (χ4n) is 2.09. The number of alkyl halides is 2. The molecule has 0 fully saturated rings. The molecule has 0 spiro atoms. The van der Waals surface area contributed by atoms with E-state index >= 15 is 0 Å². The lowest BCUT2D eigenvalue weighted by molar-refractivity contribution is -0.134. The van der Waals surface area contributed by atoms with Crippen molar-refractivity contribution < 1.29 is 23.0 Å². The van der Waals surface area contributed by atoms with Crippen molar-refractivity contribution in [2.75, 3.05) is 0 Å². The molecule has 0 saturated heterocycles. The van der Waals surface area contributed by atoms with E-state index in [0.29, 0.717) is 15.8 Å². The average Bonchev–Trinajstić information content (AvgIpc) is 2.55. The summed E-state index contributed by atoms with van der Waals surface area (Å²) in [5.41, 5.74) is 1.16. The highest BCUT2D eigenvalue weighted by Gasteiger charge is 2.17. The highest BCUT2D eigenvalue weighted by atomic mass is 79.9.